The SMILES string of the molecule is CO[C@H]1/C=C/O[C@@]2(C)Oc3c(C)c(O)c4c(c3C2=O)C(=O)C(N2CCC(C3CCCN(c5c(F)cn6c(=O)c(C(=O)O)cc(C7CC7)c6c5C)C3)C2)=C(NC(=O)/C(C)=C\C=C\[C@@H](C)[C@H](O)[C@H](C)[C@H](O)[C@@H](C)[C@@H](OC(C)=O)[C@@H]1C)C4=O. The molecule has 5 bridgehead atoms. The quantitative estimate of drug-likeness (QED) is 0.152. The molecule has 2 unspecified atom stereocenters. The van der Waals surface area contributed by atoms with E-state index in [9.17, 15) is 44.4 Å². The summed E-state index contributed by atoms with van der Waals surface area (Å²) in [5.74, 6) is -11.9. The molecule has 5 aliphatic heterocycles. The molecule has 1 saturated carbocycles. The van der Waals surface area contributed by atoms with E-state index in [0.29, 0.717) is 48.3 Å². The number of aryl methyl sites for hydroxylation is 1. The molecule has 0 radical (unpaired) electrons. The van der Waals surface area contributed by atoms with Gasteiger partial charge in [0, 0.05) is 81.9 Å². The van der Waals surface area contributed by atoms with Crippen molar-refractivity contribution in [2.75, 3.05) is 38.2 Å². The van der Waals surface area contributed by atoms with Crippen LogP contribution in [-0.4, -0.2) is 128 Å². The number of aliphatic hydroxyl groups excluding tert-OH is 2. The highest BCUT2D eigenvalue weighted by molar-refractivity contribution is 6.32. The number of aliphatic hydroxyl groups is 2. The average molecular weight is 1110 g/mol. The third-order valence-corrected chi connectivity index (χ3v) is 17.6. The Hall–Kier alpha value is -7.16. The zero-order chi connectivity index (χ0) is 58.1. The Balaban J connectivity index is 1.09. The van der Waals surface area contributed by atoms with Gasteiger partial charge in [-0.3, -0.25) is 33.2 Å². The summed E-state index contributed by atoms with van der Waals surface area (Å²) in [6.45, 7) is 15.4. The number of allylic oxidation sites excluding steroid dienone is 4. The number of amides is 1. The number of carbonyl (C=O) groups is 6. The van der Waals surface area contributed by atoms with E-state index >= 15 is 14.0 Å². The first-order valence-corrected chi connectivity index (χ1v) is 27.5. The van der Waals surface area contributed by atoms with Gasteiger partial charge in [-0.25, -0.2) is 9.18 Å². The minimum Gasteiger partial charge on any atom is -0.507 e. The number of nitrogens with one attached hydrogen (secondary N) is 1. The maximum Gasteiger partial charge on any atom is 0.341 e. The summed E-state index contributed by atoms with van der Waals surface area (Å²) in [5, 5.41) is 47.6. The first kappa shape index (κ1) is 57.5. The number of aromatic carboxylic acids is 1. The number of nitrogens with zero attached hydrogens (tertiary/aromatic N) is 3. The fourth-order valence-corrected chi connectivity index (χ4v) is 12.8. The van der Waals surface area contributed by atoms with E-state index in [-0.39, 0.29) is 59.0 Å². The molecule has 10 rings (SSSR count). The van der Waals surface area contributed by atoms with Gasteiger partial charge in [-0.15, -0.1) is 0 Å². The Morgan fingerprint density at radius 1 is 0.850 bits per heavy atom. The maximum atomic E-state index is 16.5. The number of esters is 1. The molecular weight excluding hydrogens is 1040 g/mol. The summed E-state index contributed by atoms with van der Waals surface area (Å²) < 4.78 is 41.5. The van der Waals surface area contributed by atoms with Crippen molar-refractivity contribution in [3.05, 3.63) is 115 Å². The molecule has 1 aromatic carbocycles. The minimum atomic E-state index is -2.16. The first-order valence-electron chi connectivity index (χ1n) is 27.5. The summed E-state index contributed by atoms with van der Waals surface area (Å²) in [6.07, 6.45) is 7.79. The molecule has 7 heterocycles. The molecule has 0 spiro atoms. The summed E-state index contributed by atoms with van der Waals surface area (Å²) >= 11 is 0. The first-order chi connectivity index (χ1) is 37.8. The molecule has 80 heavy (non-hydrogen) atoms. The van der Waals surface area contributed by atoms with Crippen LogP contribution in [0.3, 0.4) is 0 Å². The van der Waals surface area contributed by atoms with Gasteiger partial charge in [0.15, 0.2) is 5.82 Å². The van der Waals surface area contributed by atoms with Gasteiger partial charge < -0.3 is 54.5 Å². The summed E-state index contributed by atoms with van der Waals surface area (Å²) in [5.41, 5.74) is -1.03. The van der Waals surface area contributed by atoms with Crippen molar-refractivity contribution < 1.29 is 72.5 Å². The number of halogens is 1. The standard InChI is InChI=1S/C60H71FN4O15/c1-27-13-11-14-28(2)57(73)62-45-48(64-21-18-37(25-64)36-15-12-20-63(24-36)47-30(4)46-38(35-16-17-35)23-39(59(75)76)58(74)65(46)26-40(47)61)53(71)42-43(52(45)70)51(69)33(7)55-44(42)56(72)60(9,80-55)78-22-19-41(77-10)29(3)54(79-34(8)66)32(6)50(68)31(5)49(27)67/h11,13-14,19,22-23,26-27,29,31-32,35-37,41,49-50,54,67-69H,12,15-18,20-21,24-25H2,1-10H3,(H,62,73)(H,75,76)/b13-11+,22-19+,28-14-/t27-,29-,31+,32-,36?,37?,41+,49+,50+,54+,60+/m1/s1. The Morgan fingerprint density at radius 2 is 1.54 bits per heavy atom. The van der Waals surface area contributed by atoms with Gasteiger partial charge in [0.1, 0.15) is 34.6 Å². The van der Waals surface area contributed by atoms with Gasteiger partial charge in [-0.1, -0.05) is 45.9 Å². The zero-order valence-electron chi connectivity index (χ0n) is 46.8. The molecule has 2 aliphatic carbocycles. The lowest BCUT2D eigenvalue weighted by Crippen LogP contribution is -2.46. The number of hydrogen-bond donors (Lipinski definition) is 5. The van der Waals surface area contributed by atoms with Crippen LogP contribution in [0.5, 0.6) is 11.5 Å². The highest BCUT2D eigenvalue weighted by atomic mass is 19.1. The number of hydrogen-bond acceptors (Lipinski definition) is 16. The van der Waals surface area contributed by atoms with Crippen molar-refractivity contribution in [1.29, 1.82) is 0 Å². The van der Waals surface area contributed by atoms with E-state index in [4.69, 9.17) is 18.9 Å². The van der Waals surface area contributed by atoms with Crippen molar-refractivity contribution in [2.24, 2.45) is 35.5 Å². The number of ether oxygens (including phenoxy) is 4. The smallest absolute Gasteiger partial charge is 0.341 e. The minimum absolute atomic E-state index is 0.0382. The van der Waals surface area contributed by atoms with E-state index < -0.39 is 129 Å². The van der Waals surface area contributed by atoms with Crippen LogP contribution in [-0.2, 0) is 23.8 Å². The molecule has 2 saturated heterocycles. The molecule has 5 N–H and O–H groups in total. The number of anilines is 1. The third-order valence-electron chi connectivity index (χ3n) is 17.6. The Bertz CT molecular complexity index is 3300. The monoisotopic (exact) mass is 1110 g/mol. The third kappa shape index (κ3) is 10.1. The molecule has 2 aromatic heterocycles. The highest BCUT2D eigenvalue weighted by Gasteiger charge is 2.54. The van der Waals surface area contributed by atoms with Gasteiger partial charge >= 0.3 is 17.7 Å². The van der Waals surface area contributed by atoms with E-state index in [1.54, 1.807) is 51.7 Å². The number of benzene rings is 1. The molecule has 1 amide bonds. The van der Waals surface area contributed by atoms with Crippen LogP contribution in [0.15, 0.2) is 64.6 Å². The largest absolute Gasteiger partial charge is 0.507 e. The lowest BCUT2D eigenvalue weighted by molar-refractivity contribution is -0.160. The summed E-state index contributed by atoms with van der Waals surface area (Å²) in [7, 11) is 1.41. The molecule has 11 atom stereocenters. The number of carboxylic acids is 1. The van der Waals surface area contributed by atoms with Crippen LogP contribution < -0.4 is 20.5 Å². The number of rotatable bonds is 7. The lowest BCUT2D eigenvalue weighted by Gasteiger charge is -2.38. The number of aromatic hydroxyl groups is 1. The number of piperidine rings is 1. The number of Topliss-reactive ketones (excluding diaryl/α,β-unsaturated/α-hetero) is 3. The lowest BCUT2D eigenvalue weighted by atomic mass is 9.78. The van der Waals surface area contributed by atoms with Gasteiger partial charge in [-0.2, -0.15) is 0 Å². The molecule has 3 fully saturated rings. The van der Waals surface area contributed by atoms with E-state index in [1.165, 1.54) is 59.3 Å². The van der Waals surface area contributed by atoms with Gasteiger partial charge in [0.05, 0.1) is 58.7 Å². The number of phenols is 1. The summed E-state index contributed by atoms with van der Waals surface area (Å²) in [6, 6.07) is 1.42. The molecule has 7 aliphatic rings. The normalized spacial score (nSPS) is 31.1. The molecule has 3 aromatic rings. The Morgan fingerprint density at radius 3 is 2.20 bits per heavy atom. The predicted molar refractivity (Wildman–Crippen MR) is 290 cm³/mol. The van der Waals surface area contributed by atoms with Crippen molar-refractivity contribution in [3.8, 4) is 11.5 Å². The molecule has 428 valence electrons. The van der Waals surface area contributed by atoms with Gasteiger partial charge in [0.2, 0.25) is 11.6 Å². The van der Waals surface area contributed by atoms with Gasteiger partial charge in [-0.05, 0) is 93.9 Å². The number of ketones is 3. The predicted octanol–water partition coefficient (Wildman–Crippen LogP) is 6.83. The number of likely N-dealkylation sites (tertiary alicyclic amines) is 1. The van der Waals surface area contributed by atoms with Crippen molar-refractivity contribution in [2.45, 2.75) is 131 Å². The van der Waals surface area contributed by atoms with E-state index in [1.807, 2.05) is 4.90 Å². The van der Waals surface area contributed by atoms with Crippen molar-refractivity contribution in [3.63, 3.8) is 0 Å². The van der Waals surface area contributed by atoms with Crippen LogP contribution in [0.1, 0.15) is 145 Å². The van der Waals surface area contributed by atoms with Crippen LogP contribution in [0.4, 0.5) is 10.1 Å². The van der Waals surface area contributed by atoms with Crippen molar-refractivity contribution >= 4 is 46.4 Å². The number of methoxy groups -OCH3 is 1. The van der Waals surface area contributed by atoms with Crippen LogP contribution in [0.2, 0.25) is 0 Å². The number of carbonyl (C=O) groups excluding carboxylic acids is 5. The molecule has 20 heteroatoms. The highest BCUT2D eigenvalue weighted by Crippen LogP contribution is 2.50. The number of fused-ring (bicyclic) bond motifs is 15. The number of pyridine rings is 2. The Labute approximate surface area is 462 Å². The zero-order valence-corrected chi connectivity index (χ0v) is 46.8. The van der Waals surface area contributed by atoms with Crippen molar-refractivity contribution in [1.82, 2.24) is 14.6 Å². The van der Waals surface area contributed by atoms with E-state index in [2.05, 4.69) is 5.32 Å². The van der Waals surface area contributed by atoms with Crippen LogP contribution >= 0.6 is 0 Å². The molecular formula is C60H71FN4O15. The van der Waals surface area contributed by atoms with Crippen LogP contribution in [0.25, 0.3) is 5.52 Å². The Kier molecular flexibility index (Phi) is 15.9. The second-order valence-electron chi connectivity index (χ2n) is 22.9. The topological polar surface area (TPSA) is 260 Å². The molecule has 19 nitrogen and oxygen atoms in total. The van der Waals surface area contributed by atoms with Crippen LogP contribution in [0, 0.1) is 55.2 Å². The van der Waals surface area contributed by atoms with E-state index in [0.717, 1.165) is 29.9 Å². The number of aromatic nitrogens is 1. The second-order valence-corrected chi connectivity index (χ2v) is 22.9. The van der Waals surface area contributed by atoms with Gasteiger partial charge in [0.25, 0.3) is 17.2 Å². The fourth-order valence-electron chi connectivity index (χ4n) is 12.8. The number of carboxylic acid groups (broad SMARTS) is 1. The average Bonchev–Trinajstić information content (AvgIpc) is 4.22. The number of phenolic OH excluding ortho intramolecular Hbond substituents is 1. The maximum absolute atomic E-state index is 16.5. The fraction of sp³-hybridized carbons (Fsp3) is 0.517. The summed E-state index contributed by atoms with van der Waals surface area (Å²) in [4.78, 5) is 101. The second kappa shape index (κ2) is 22.1.